The van der Waals surface area contributed by atoms with Crippen LogP contribution in [0.25, 0.3) is 0 Å². The summed E-state index contributed by atoms with van der Waals surface area (Å²) in [6.07, 6.45) is 3.64. The maximum atomic E-state index is 13.0. The molecule has 136 valence electrons. The molecule has 1 saturated heterocycles. The van der Waals surface area contributed by atoms with Gasteiger partial charge in [-0.15, -0.1) is 0 Å². The molecule has 0 saturated carbocycles. The van der Waals surface area contributed by atoms with E-state index in [2.05, 4.69) is 4.98 Å². The van der Waals surface area contributed by atoms with E-state index >= 15 is 0 Å². The zero-order chi connectivity index (χ0) is 18.5. The summed E-state index contributed by atoms with van der Waals surface area (Å²) in [5.74, 6) is 0.676. The van der Waals surface area contributed by atoms with Crippen molar-refractivity contribution in [2.45, 2.75) is 25.5 Å². The summed E-state index contributed by atoms with van der Waals surface area (Å²) in [5, 5.41) is 0. The van der Waals surface area contributed by atoms with Gasteiger partial charge in [0.15, 0.2) is 0 Å². The van der Waals surface area contributed by atoms with Crippen LogP contribution in [0.1, 0.15) is 40.4 Å². The van der Waals surface area contributed by atoms with Gasteiger partial charge >= 0.3 is 0 Å². The lowest BCUT2D eigenvalue weighted by Crippen LogP contribution is -2.30. The van der Waals surface area contributed by atoms with Gasteiger partial charge in [-0.3, -0.25) is 4.79 Å². The van der Waals surface area contributed by atoms with E-state index in [-0.39, 0.29) is 11.9 Å². The van der Waals surface area contributed by atoms with Crippen LogP contribution in [-0.4, -0.2) is 22.3 Å². The number of carbonyl (C=O) groups excluding carboxylic acids is 1. The molecule has 0 radical (unpaired) electrons. The highest BCUT2D eigenvalue weighted by Crippen LogP contribution is 2.37. The van der Waals surface area contributed by atoms with Crippen molar-refractivity contribution in [1.29, 1.82) is 0 Å². The molecule has 1 atom stereocenters. The summed E-state index contributed by atoms with van der Waals surface area (Å²) in [6, 6.07) is 23.4. The molecule has 2 aromatic carbocycles. The summed E-state index contributed by atoms with van der Waals surface area (Å²) in [7, 11) is 0. The van der Waals surface area contributed by atoms with Gasteiger partial charge < -0.3 is 9.64 Å². The Bertz CT molecular complexity index is 897. The Kier molecular flexibility index (Phi) is 5.15. The van der Waals surface area contributed by atoms with Gasteiger partial charge in [0.1, 0.15) is 6.61 Å². The second-order valence-electron chi connectivity index (χ2n) is 6.69. The molecule has 1 amide bonds. The number of aromatic nitrogens is 1. The monoisotopic (exact) mass is 358 g/mol. The molecule has 1 aliphatic heterocycles. The smallest absolute Gasteiger partial charge is 0.254 e. The van der Waals surface area contributed by atoms with Gasteiger partial charge in [0, 0.05) is 23.9 Å². The third-order valence-corrected chi connectivity index (χ3v) is 4.91. The third kappa shape index (κ3) is 3.85. The number of carbonyl (C=O) groups is 1. The first-order valence-electron chi connectivity index (χ1n) is 9.30. The SMILES string of the molecule is O=C(c1ccccc1)N1CCC[C@H]1c1cccnc1OCc1ccccc1. The normalized spacial score (nSPS) is 16.3. The Labute approximate surface area is 159 Å². The van der Waals surface area contributed by atoms with Crippen LogP contribution < -0.4 is 4.74 Å². The second-order valence-corrected chi connectivity index (χ2v) is 6.69. The van der Waals surface area contributed by atoms with Crippen molar-refractivity contribution < 1.29 is 9.53 Å². The van der Waals surface area contributed by atoms with E-state index in [9.17, 15) is 4.79 Å². The standard InChI is InChI=1S/C23H22N2O2/c26-23(19-11-5-2-6-12-19)25-16-8-14-21(25)20-13-7-15-24-22(20)27-17-18-9-3-1-4-10-18/h1-7,9-13,15,21H,8,14,16-17H2/t21-/m0/s1. The lowest BCUT2D eigenvalue weighted by Gasteiger charge is -2.26. The van der Waals surface area contributed by atoms with E-state index in [4.69, 9.17) is 4.74 Å². The molecule has 0 N–H and O–H groups in total. The van der Waals surface area contributed by atoms with Gasteiger partial charge in [-0.05, 0) is 36.6 Å². The third-order valence-electron chi connectivity index (χ3n) is 4.91. The summed E-state index contributed by atoms with van der Waals surface area (Å²) in [5.41, 5.74) is 2.80. The summed E-state index contributed by atoms with van der Waals surface area (Å²) >= 11 is 0. The Morgan fingerprint density at radius 3 is 2.52 bits per heavy atom. The van der Waals surface area contributed by atoms with E-state index in [0.717, 1.165) is 36.1 Å². The van der Waals surface area contributed by atoms with Gasteiger partial charge in [-0.2, -0.15) is 0 Å². The van der Waals surface area contributed by atoms with Gasteiger partial charge in [0.25, 0.3) is 5.91 Å². The van der Waals surface area contributed by atoms with Crippen molar-refractivity contribution in [3.8, 4) is 5.88 Å². The fourth-order valence-corrected chi connectivity index (χ4v) is 3.58. The van der Waals surface area contributed by atoms with Crippen LogP contribution in [0.15, 0.2) is 79.0 Å². The molecule has 0 unspecified atom stereocenters. The first-order valence-corrected chi connectivity index (χ1v) is 9.30. The number of hydrogen-bond acceptors (Lipinski definition) is 3. The minimum absolute atomic E-state index is 0.00261. The number of likely N-dealkylation sites (tertiary alicyclic amines) is 1. The average molecular weight is 358 g/mol. The van der Waals surface area contributed by atoms with E-state index in [1.165, 1.54) is 0 Å². The highest BCUT2D eigenvalue weighted by atomic mass is 16.5. The summed E-state index contributed by atoms with van der Waals surface area (Å²) in [4.78, 5) is 19.4. The molecule has 0 spiro atoms. The molecule has 2 heterocycles. The van der Waals surface area contributed by atoms with Gasteiger partial charge in [0.05, 0.1) is 6.04 Å². The first kappa shape index (κ1) is 17.3. The molecule has 0 aliphatic carbocycles. The second kappa shape index (κ2) is 8.04. The first-order chi connectivity index (χ1) is 13.3. The van der Waals surface area contributed by atoms with Crippen molar-refractivity contribution in [3.63, 3.8) is 0 Å². The van der Waals surface area contributed by atoms with Gasteiger partial charge in [0.2, 0.25) is 5.88 Å². The molecule has 4 heteroatoms. The number of rotatable bonds is 5. The van der Waals surface area contributed by atoms with Crippen LogP contribution in [0.5, 0.6) is 5.88 Å². The highest BCUT2D eigenvalue weighted by Gasteiger charge is 2.32. The lowest BCUT2D eigenvalue weighted by atomic mass is 10.1. The van der Waals surface area contributed by atoms with E-state index in [1.54, 1.807) is 6.20 Å². The zero-order valence-electron chi connectivity index (χ0n) is 15.1. The van der Waals surface area contributed by atoms with E-state index in [0.29, 0.717) is 12.5 Å². The number of amides is 1. The molecule has 0 bridgehead atoms. The summed E-state index contributed by atoms with van der Waals surface area (Å²) in [6.45, 7) is 1.22. The van der Waals surface area contributed by atoms with Crippen molar-refractivity contribution in [1.82, 2.24) is 9.88 Å². The fourth-order valence-electron chi connectivity index (χ4n) is 3.58. The van der Waals surface area contributed by atoms with Crippen molar-refractivity contribution in [3.05, 3.63) is 95.7 Å². The van der Waals surface area contributed by atoms with Crippen molar-refractivity contribution in [2.75, 3.05) is 6.54 Å². The van der Waals surface area contributed by atoms with Crippen LogP contribution in [-0.2, 0) is 6.61 Å². The molecule has 4 rings (SSSR count). The number of benzene rings is 2. The van der Waals surface area contributed by atoms with Crippen LogP contribution >= 0.6 is 0 Å². The van der Waals surface area contributed by atoms with Crippen LogP contribution in [0, 0.1) is 0 Å². The molecule has 1 aliphatic rings. The molecular formula is C23H22N2O2. The quantitative estimate of drug-likeness (QED) is 0.667. The lowest BCUT2D eigenvalue weighted by molar-refractivity contribution is 0.0733. The Balaban J connectivity index is 1.56. The fraction of sp³-hybridized carbons (Fsp3) is 0.217. The predicted molar refractivity (Wildman–Crippen MR) is 104 cm³/mol. The molecule has 1 fully saturated rings. The van der Waals surface area contributed by atoms with Crippen LogP contribution in [0.2, 0.25) is 0 Å². The Morgan fingerprint density at radius 1 is 1.00 bits per heavy atom. The van der Waals surface area contributed by atoms with Crippen LogP contribution in [0.3, 0.4) is 0 Å². The zero-order valence-corrected chi connectivity index (χ0v) is 15.1. The number of hydrogen-bond donors (Lipinski definition) is 0. The predicted octanol–water partition coefficient (Wildman–Crippen LogP) is 4.64. The maximum absolute atomic E-state index is 13.0. The Hall–Kier alpha value is -3.14. The molecule has 27 heavy (non-hydrogen) atoms. The molecule has 4 nitrogen and oxygen atoms in total. The van der Waals surface area contributed by atoms with E-state index in [1.807, 2.05) is 77.7 Å². The molecule has 1 aromatic heterocycles. The Morgan fingerprint density at radius 2 is 1.74 bits per heavy atom. The maximum Gasteiger partial charge on any atom is 0.254 e. The minimum Gasteiger partial charge on any atom is -0.473 e. The van der Waals surface area contributed by atoms with Gasteiger partial charge in [-0.25, -0.2) is 4.98 Å². The molecular weight excluding hydrogens is 336 g/mol. The largest absolute Gasteiger partial charge is 0.473 e. The minimum atomic E-state index is -0.00261. The highest BCUT2D eigenvalue weighted by molar-refractivity contribution is 5.94. The number of nitrogens with zero attached hydrogens (tertiary/aromatic N) is 2. The van der Waals surface area contributed by atoms with Crippen molar-refractivity contribution in [2.24, 2.45) is 0 Å². The number of ether oxygens (including phenoxy) is 1. The average Bonchev–Trinajstić information content (AvgIpc) is 3.23. The summed E-state index contributed by atoms with van der Waals surface area (Å²) < 4.78 is 6.02. The van der Waals surface area contributed by atoms with Crippen molar-refractivity contribution >= 4 is 5.91 Å². The van der Waals surface area contributed by atoms with Crippen LogP contribution in [0.4, 0.5) is 0 Å². The van der Waals surface area contributed by atoms with E-state index < -0.39 is 0 Å². The van der Waals surface area contributed by atoms with Gasteiger partial charge in [-0.1, -0.05) is 54.6 Å². The molecule has 3 aromatic rings. The topological polar surface area (TPSA) is 42.4 Å². The number of pyridine rings is 1.